The van der Waals surface area contributed by atoms with E-state index in [9.17, 15) is 0 Å². The van der Waals surface area contributed by atoms with E-state index in [-0.39, 0.29) is 5.41 Å². The summed E-state index contributed by atoms with van der Waals surface area (Å²) in [7, 11) is 0. The first-order chi connectivity index (χ1) is 4.92. The van der Waals surface area contributed by atoms with Gasteiger partial charge in [-0.05, 0) is 23.0 Å². The molecule has 11 heavy (non-hydrogen) atoms. The third kappa shape index (κ3) is 1.84. The summed E-state index contributed by atoms with van der Waals surface area (Å²) in [6, 6.07) is 0. The molecule has 0 radical (unpaired) electrons. The summed E-state index contributed by atoms with van der Waals surface area (Å²) < 4.78 is 1.10. The second-order valence-corrected chi connectivity index (χ2v) is 4.59. The minimum atomic E-state index is 0.233. The van der Waals surface area contributed by atoms with Crippen LogP contribution in [0.2, 0.25) is 0 Å². The predicted octanol–water partition coefficient (Wildman–Crippen LogP) is 3.81. The largest absolute Gasteiger partial charge is 0.0952 e. The third-order valence-electron chi connectivity index (χ3n) is 1.90. The fourth-order valence-electron chi connectivity index (χ4n) is 1.31. The maximum absolute atomic E-state index is 3.97. The lowest BCUT2D eigenvalue weighted by molar-refractivity contribution is 0.470. The molecular formula is C10H13Br. The zero-order valence-corrected chi connectivity index (χ0v) is 8.66. The quantitative estimate of drug-likeness (QED) is 0.574. The monoisotopic (exact) mass is 212 g/mol. The maximum atomic E-state index is 3.97. The zero-order valence-electron chi connectivity index (χ0n) is 7.08. The first-order valence-corrected chi connectivity index (χ1v) is 4.47. The van der Waals surface area contributed by atoms with Crippen LogP contribution in [0.4, 0.5) is 0 Å². The van der Waals surface area contributed by atoms with Gasteiger partial charge in [0.2, 0.25) is 0 Å². The van der Waals surface area contributed by atoms with Gasteiger partial charge in [0.1, 0.15) is 0 Å². The lowest BCUT2D eigenvalue weighted by atomic mass is 9.79. The van der Waals surface area contributed by atoms with Crippen molar-refractivity contribution in [2.75, 3.05) is 0 Å². The van der Waals surface area contributed by atoms with Crippen molar-refractivity contribution >= 4 is 15.9 Å². The van der Waals surface area contributed by atoms with Gasteiger partial charge < -0.3 is 0 Å². The number of halogens is 1. The molecule has 0 aromatic rings. The molecule has 1 heteroatoms. The Morgan fingerprint density at radius 2 is 2.00 bits per heavy atom. The Hall–Kier alpha value is -0.300. The minimum Gasteiger partial charge on any atom is -0.0952 e. The molecule has 0 saturated carbocycles. The summed E-state index contributed by atoms with van der Waals surface area (Å²) in [4.78, 5) is 0. The fraction of sp³-hybridized carbons (Fsp3) is 0.400. The Balaban J connectivity index is 3.04. The van der Waals surface area contributed by atoms with Gasteiger partial charge in [-0.1, -0.05) is 49.0 Å². The predicted molar refractivity (Wildman–Crippen MR) is 53.7 cm³/mol. The highest BCUT2D eigenvalue weighted by Gasteiger charge is 2.23. The molecule has 0 aromatic carbocycles. The molecule has 0 aliphatic heterocycles. The zero-order chi connectivity index (χ0) is 8.65. The Bertz CT molecular complexity index is 244. The summed E-state index contributed by atoms with van der Waals surface area (Å²) in [5.41, 5.74) is 2.42. The van der Waals surface area contributed by atoms with Crippen molar-refractivity contribution in [1.29, 1.82) is 0 Å². The van der Waals surface area contributed by atoms with E-state index in [0.717, 1.165) is 22.0 Å². The van der Waals surface area contributed by atoms with Gasteiger partial charge in [0.25, 0.3) is 0 Å². The second-order valence-electron chi connectivity index (χ2n) is 3.74. The smallest absolute Gasteiger partial charge is 0.0209 e. The molecular weight excluding hydrogens is 200 g/mol. The van der Waals surface area contributed by atoms with Crippen molar-refractivity contribution in [2.24, 2.45) is 5.41 Å². The SMILES string of the molecule is C=C1CC(C)(C)C=C(Br)C1=C. The van der Waals surface area contributed by atoms with Crippen LogP contribution in [-0.2, 0) is 0 Å². The molecule has 0 nitrogen and oxygen atoms in total. The van der Waals surface area contributed by atoms with Gasteiger partial charge in [0, 0.05) is 4.48 Å². The van der Waals surface area contributed by atoms with Crippen LogP contribution in [0.3, 0.4) is 0 Å². The first-order valence-electron chi connectivity index (χ1n) is 3.68. The van der Waals surface area contributed by atoms with E-state index in [0.29, 0.717) is 0 Å². The summed E-state index contributed by atoms with van der Waals surface area (Å²) >= 11 is 3.47. The molecule has 0 amide bonds. The van der Waals surface area contributed by atoms with Crippen molar-refractivity contribution in [3.05, 3.63) is 34.9 Å². The molecule has 1 aliphatic carbocycles. The van der Waals surface area contributed by atoms with E-state index < -0.39 is 0 Å². The Kier molecular flexibility index (Phi) is 2.10. The van der Waals surface area contributed by atoms with E-state index in [4.69, 9.17) is 0 Å². The first kappa shape index (κ1) is 8.79. The average molecular weight is 213 g/mol. The standard InChI is InChI=1S/C10H13Br/c1-7-5-10(3,4)6-9(11)8(7)2/h6H,1-2,5H2,3-4H3. The van der Waals surface area contributed by atoms with Crippen LogP contribution >= 0.6 is 15.9 Å². The highest BCUT2D eigenvalue weighted by molar-refractivity contribution is 9.12. The average Bonchev–Trinajstić information content (AvgIpc) is 1.81. The normalized spacial score (nSPS) is 23.4. The van der Waals surface area contributed by atoms with E-state index in [1.54, 1.807) is 0 Å². The van der Waals surface area contributed by atoms with Crippen LogP contribution in [0.1, 0.15) is 20.3 Å². The molecule has 0 atom stereocenters. The van der Waals surface area contributed by atoms with Crippen molar-refractivity contribution in [3.8, 4) is 0 Å². The van der Waals surface area contributed by atoms with E-state index >= 15 is 0 Å². The molecule has 0 spiro atoms. The van der Waals surface area contributed by atoms with Crippen LogP contribution < -0.4 is 0 Å². The Morgan fingerprint density at radius 3 is 2.45 bits per heavy atom. The van der Waals surface area contributed by atoms with E-state index in [2.05, 4.69) is 49.0 Å². The van der Waals surface area contributed by atoms with Crippen LogP contribution in [-0.4, -0.2) is 0 Å². The van der Waals surface area contributed by atoms with Gasteiger partial charge in [-0.3, -0.25) is 0 Å². The molecule has 60 valence electrons. The van der Waals surface area contributed by atoms with Gasteiger partial charge in [0.15, 0.2) is 0 Å². The minimum absolute atomic E-state index is 0.233. The number of hydrogen-bond donors (Lipinski definition) is 0. The third-order valence-corrected chi connectivity index (χ3v) is 2.61. The molecule has 1 rings (SSSR count). The Labute approximate surface area is 76.8 Å². The van der Waals surface area contributed by atoms with Crippen LogP contribution in [0.5, 0.6) is 0 Å². The van der Waals surface area contributed by atoms with Crippen molar-refractivity contribution in [3.63, 3.8) is 0 Å². The highest BCUT2D eigenvalue weighted by atomic mass is 79.9. The molecule has 0 heterocycles. The molecule has 0 fully saturated rings. The number of allylic oxidation sites excluding steroid dienone is 4. The van der Waals surface area contributed by atoms with Gasteiger partial charge in [-0.2, -0.15) is 0 Å². The van der Waals surface area contributed by atoms with Crippen molar-refractivity contribution in [1.82, 2.24) is 0 Å². The number of hydrogen-bond acceptors (Lipinski definition) is 0. The fourth-order valence-corrected chi connectivity index (χ4v) is 2.21. The molecule has 0 aromatic heterocycles. The lowest BCUT2D eigenvalue weighted by Gasteiger charge is -2.28. The molecule has 0 unspecified atom stereocenters. The van der Waals surface area contributed by atoms with Crippen molar-refractivity contribution in [2.45, 2.75) is 20.3 Å². The molecule has 0 N–H and O–H groups in total. The summed E-state index contributed by atoms with van der Waals surface area (Å²) in [5.74, 6) is 0. The van der Waals surface area contributed by atoms with E-state index in [1.807, 2.05) is 0 Å². The lowest BCUT2D eigenvalue weighted by Crippen LogP contribution is -2.14. The Morgan fingerprint density at radius 1 is 1.45 bits per heavy atom. The summed E-state index contributed by atoms with van der Waals surface area (Å²) in [5, 5.41) is 0. The van der Waals surface area contributed by atoms with Crippen molar-refractivity contribution < 1.29 is 0 Å². The van der Waals surface area contributed by atoms with Gasteiger partial charge in [0.05, 0.1) is 0 Å². The maximum Gasteiger partial charge on any atom is 0.0209 e. The summed E-state index contributed by atoms with van der Waals surface area (Å²) in [6.07, 6.45) is 3.21. The van der Waals surface area contributed by atoms with Gasteiger partial charge in [-0.25, -0.2) is 0 Å². The molecule has 0 bridgehead atoms. The van der Waals surface area contributed by atoms with Crippen LogP contribution in [0, 0.1) is 5.41 Å². The van der Waals surface area contributed by atoms with Gasteiger partial charge in [-0.15, -0.1) is 0 Å². The highest BCUT2D eigenvalue weighted by Crippen LogP contribution is 2.40. The van der Waals surface area contributed by atoms with E-state index in [1.165, 1.54) is 0 Å². The van der Waals surface area contributed by atoms with Crippen LogP contribution in [0.15, 0.2) is 34.9 Å². The topological polar surface area (TPSA) is 0 Å². The number of rotatable bonds is 0. The second kappa shape index (κ2) is 2.63. The molecule has 1 aliphatic rings. The van der Waals surface area contributed by atoms with Crippen LogP contribution in [0.25, 0.3) is 0 Å². The van der Waals surface area contributed by atoms with Gasteiger partial charge >= 0.3 is 0 Å². The molecule has 0 saturated heterocycles. The summed E-state index contributed by atoms with van der Waals surface area (Å²) in [6.45, 7) is 12.3.